The predicted molar refractivity (Wildman–Crippen MR) is 110 cm³/mol. The summed E-state index contributed by atoms with van der Waals surface area (Å²) in [5, 5.41) is 15.7. The number of aromatic nitrogens is 2. The summed E-state index contributed by atoms with van der Waals surface area (Å²) in [7, 11) is 0. The van der Waals surface area contributed by atoms with Crippen LogP contribution in [0, 0.1) is 11.6 Å². The minimum absolute atomic E-state index is 0.106. The van der Waals surface area contributed by atoms with Gasteiger partial charge < -0.3 is 15.3 Å². The number of hydrogen-bond donors (Lipinski definition) is 3. The number of piperazine rings is 1. The number of benzene rings is 1. The first kappa shape index (κ1) is 22.0. The predicted octanol–water partition coefficient (Wildman–Crippen LogP) is 1.10. The van der Waals surface area contributed by atoms with Crippen LogP contribution in [0.1, 0.15) is 25.3 Å². The number of hydrogen-bond acceptors (Lipinski definition) is 7. The first-order valence-electron chi connectivity index (χ1n) is 10.3. The van der Waals surface area contributed by atoms with Crippen molar-refractivity contribution in [3.63, 3.8) is 0 Å². The molecular weight excluding hydrogens is 422 g/mol. The molecule has 0 saturated carbocycles. The van der Waals surface area contributed by atoms with Crippen molar-refractivity contribution in [3.05, 3.63) is 54.1 Å². The Kier molecular flexibility index (Phi) is 6.02. The van der Waals surface area contributed by atoms with Crippen molar-refractivity contribution in [1.29, 1.82) is 0 Å². The molecule has 1 aromatic carbocycles. The summed E-state index contributed by atoms with van der Waals surface area (Å²) in [5.41, 5.74) is -0.467. The average Bonchev–Trinajstić information content (AvgIpc) is 3.05. The molecule has 2 saturated heterocycles. The van der Waals surface area contributed by atoms with E-state index in [1.807, 2.05) is 16.7 Å². The molecule has 0 bridgehead atoms. The Bertz CT molecular complexity index is 990. The number of halogens is 2. The van der Waals surface area contributed by atoms with Crippen LogP contribution in [0.15, 0.2) is 36.9 Å². The topological polar surface area (TPSA) is 111 Å². The first-order chi connectivity index (χ1) is 15.3. The Labute approximate surface area is 183 Å². The smallest absolute Gasteiger partial charge is 0.322 e. The number of rotatable bonds is 6. The SMILES string of the molecule is C[C@H]1CN(C(O)CCC2(c3cncnc3)NC(=O)NC2=O)CCN1c1cc(F)cc(F)c1. The minimum Gasteiger partial charge on any atom is -0.378 e. The van der Waals surface area contributed by atoms with Crippen LogP contribution in [0.25, 0.3) is 0 Å². The van der Waals surface area contributed by atoms with Crippen LogP contribution in [0.5, 0.6) is 0 Å². The molecule has 0 aliphatic carbocycles. The van der Waals surface area contributed by atoms with E-state index in [2.05, 4.69) is 20.6 Å². The highest BCUT2D eigenvalue weighted by Gasteiger charge is 2.48. The maximum Gasteiger partial charge on any atom is 0.322 e. The molecule has 3 N–H and O–H groups in total. The molecule has 2 unspecified atom stereocenters. The molecule has 1 aromatic heterocycles. The maximum atomic E-state index is 13.6. The second kappa shape index (κ2) is 8.75. The van der Waals surface area contributed by atoms with Crippen LogP contribution in [0.3, 0.4) is 0 Å². The Hall–Kier alpha value is -3.18. The van der Waals surface area contributed by atoms with Gasteiger partial charge in [0.1, 0.15) is 29.7 Å². The summed E-state index contributed by atoms with van der Waals surface area (Å²) in [6.07, 6.45) is 3.71. The van der Waals surface area contributed by atoms with Crippen LogP contribution in [-0.4, -0.2) is 63.8 Å². The van der Waals surface area contributed by atoms with E-state index in [-0.39, 0.29) is 18.9 Å². The number of urea groups is 1. The fraction of sp³-hybridized carbons (Fsp3) is 0.429. The maximum absolute atomic E-state index is 13.6. The van der Waals surface area contributed by atoms with Crippen molar-refractivity contribution in [3.8, 4) is 0 Å². The van der Waals surface area contributed by atoms with Crippen molar-refractivity contribution in [2.75, 3.05) is 24.5 Å². The van der Waals surface area contributed by atoms with E-state index >= 15 is 0 Å². The minimum atomic E-state index is -1.36. The third-order valence-electron chi connectivity index (χ3n) is 6.03. The van der Waals surface area contributed by atoms with E-state index < -0.39 is 35.3 Å². The van der Waals surface area contributed by atoms with Crippen LogP contribution in [0.2, 0.25) is 0 Å². The summed E-state index contributed by atoms with van der Waals surface area (Å²) in [6.45, 7) is 3.30. The fourth-order valence-electron chi connectivity index (χ4n) is 4.41. The first-order valence-corrected chi connectivity index (χ1v) is 10.3. The molecule has 0 radical (unpaired) electrons. The highest BCUT2D eigenvalue weighted by Crippen LogP contribution is 2.31. The molecule has 4 rings (SSSR count). The van der Waals surface area contributed by atoms with Gasteiger partial charge in [-0.25, -0.2) is 23.5 Å². The fourth-order valence-corrected chi connectivity index (χ4v) is 4.41. The van der Waals surface area contributed by atoms with E-state index in [0.29, 0.717) is 30.9 Å². The van der Waals surface area contributed by atoms with Crippen LogP contribution in [-0.2, 0) is 10.3 Å². The van der Waals surface area contributed by atoms with Gasteiger partial charge in [-0.15, -0.1) is 0 Å². The summed E-state index contributed by atoms with van der Waals surface area (Å²) in [5.74, 6) is -1.79. The van der Waals surface area contributed by atoms with E-state index in [9.17, 15) is 23.5 Å². The number of anilines is 1. The van der Waals surface area contributed by atoms with Crippen molar-refractivity contribution >= 4 is 17.6 Å². The molecule has 0 spiro atoms. The van der Waals surface area contributed by atoms with E-state index in [1.165, 1.54) is 30.9 Å². The van der Waals surface area contributed by atoms with Crippen molar-refractivity contribution in [1.82, 2.24) is 25.5 Å². The summed E-state index contributed by atoms with van der Waals surface area (Å²) in [4.78, 5) is 36.0. The van der Waals surface area contributed by atoms with Gasteiger partial charge in [0.05, 0.1) is 0 Å². The lowest BCUT2D eigenvalue weighted by molar-refractivity contribution is -0.125. The second-order valence-electron chi connectivity index (χ2n) is 8.13. The molecule has 2 aromatic rings. The van der Waals surface area contributed by atoms with Gasteiger partial charge in [-0.3, -0.25) is 15.0 Å². The van der Waals surface area contributed by atoms with Crippen molar-refractivity contribution in [2.24, 2.45) is 0 Å². The number of carbonyl (C=O) groups is 2. The third-order valence-corrected chi connectivity index (χ3v) is 6.03. The normalized spacial score (nSPS) is 24.9. The van der Waals surface area contributed by atoms with Gasteiger partial charge >= 0.3 is 6.03 Å². The monoisotopic (exact) mass is 446 g/mol. The summed E-state index contributed by atoms with van der Waals surface area (Å²) < 4.78 is 27.2. The molecule has 2 aliphatic heterocycles. The number of carbonyl (C=O) groups excluding carboxylic acids is 2. The molecule has 11 heteroatoms. The van der Waals surface area contributed by atoms with Crippen LogP contribution < -0.4 is 15.5 Å². The molecule has 3 heterocycles. The van der Waals surface area contributed by atoms with Crippen molar-refractivity contribution < 1.29 is 23.5 Å². The zero-order chi connectivity index (χ0) is 22.9. The molecule has 2 aliphatic rings. The van der Waals surface area contributed by atoms with E-state index in [1.54, 1.807) is 0 Å². The third kappa shape index (κ3) is 4.26. The number of nitrogens with zero attached hydrogens (tertiary/aromatic N) is 4. The lowest BCUT2D eigenvalue weighted by Crippen LogP contribution is -2.55. The number of aliphatic hydroxyl groups is 1. The highest BCUT2D eigenvalue weighted by molar-refractivity contribution is 6.07. The van der Waals surface area contributed by atoms with Gasteiger partial charge in [-0.1, -0.05) is 0 Å². The summed E-state index contributed by atoms with van der Waals surface area (Å²) in [6, 6.07) is 2.69. The molecule has 9 nitrogen and oxygen atoms in total. The Balaban J connectivity index is 1.42. The Morgan fingerprint density at radius 2 is 1.88 bits per heavy atom. The van der Waals surface area contributed by atoms with Gasteiger partial charge in [-0.2, -0.15) is 0 Å². The average molecular weight is 446 g/mol. The molecule has 32 heavy (non-hydrogen) atoms. The van der Waals surface area contributed by atoms with E-state index in [4.69, 9.17) is 0 Å². The number of imide groups is 1. The van der Waals surface area contributed by atoms with Crippen LogP contribution in [0.4, 0.5) is 19.3 Å². The van der Waals surface area contributed by atoms with Gasteiger partial charge in [0.25, 0.3) is 5.91 Å². The zero-order valence-corrected chi connectivity index (χ0v) is 17.5. The Morgan fingerprint density at radius 1 is 1.19 bits per heavy atom. The lowest BCUT2D eigenvalue weighted by Gasteiger charge is -2.43. The number of aliphatic hydroxyl groups excluding tert-OH is 1. The van der Waals surface area contributed by atoms with Crippen LogP contribution >= 0.6 is 0 Å². The van der Waals surface area contributed by atoms with Gasteiger partial charge in [0, 0.05) is 55.4 Å². The van der Waals surface area contributed by atoms with Gasteiger partial charge in [-0.05, 0) is 31.9 Å². The Morgan fingerprint density at radius 3 is 2.47 bits per heavy atom. The standard InChI is InChI=1S/C21H24F2N6O3/c1-13-11-28(4-5-29(13)17-7-15(22)6-16(23)8-17)18(30)2-3-21(14-9-24-12-25-10-14)19(31)26-20(32)27-21/h6-10,12-13,18,30H,2-5,11H2,1H3,(H2,26,27,31,32)/t13-,18?,21?/m0/s1. The quantitative estimate of drug-likeness (QED) is 0.570. The van der Waals surface area contributed by atoms with Crippen molar-refractivity contribution in [2.45, 2.75) is 37.6 Å². The molecule has 3 atom stereocenters. The molecule has 3 amide bonds. The number of nitrogens with one attached hydrogen (secondary N) is 2. The molecule has 2 fully saturated rings. The highest BCUT2D eigenvalue weighted by atomic mass is 19.1. The zero-order valence-electron chi connectivity index (χ0n) is 17.5. The summed E-state index contributed by atoms with van der Waals surface area (Å²) >= 11 is 0. The van der Waals surface area contributed by atoms with Gasteiger partial charge in [0.2, 0.25) is 0 Å². The largest absolute Gasteiger partial charge is 0.378 e. The van der Waals surface area contributed by atoms with Gasteiger partial charge in [0.15, 0.2) is 0 Å². The molecular formula is C21H24F2N6O3. The second-order valence-corrected chi connectivity index (χ2v) is 8.13. The molecule has 170 valence electrons. The lowest BCUT2D eigenvalue weighted by atomic mass is 9.86. The number of amides is 3. The van der Waals surface area contributed by atoms with E-state index in [0.717, 1.165) is 6.07 Å².